The van der Waals surface area contributed by atoms with E-state index in [4.69, 9.17) is 4.74 Å². The molecule has 0 amide bonds. The van der Waals surface area contributed by atoms with E-state index in [9.17, 15) is 5.11 Å². The number of piperidine rings is 1. The number of rotatable bonds is 5. The minimum absolute atomic E-state index is 0.157. The molecule has 1 aromatic rings. The van der Waals surface area contributed by atoms with Crippen LogP contribution in [0, 0.1) is 0 Å². The van der Waals surface area contributed by atoms with Crippen molar-refractivity contribution in [2.45, 2.75) is 44.9 Å². The maximum absolute atomic E-state index is 10.4. The van der Waals surface area contributed by atoms with Crippen LogP contribution < -0.4 is 0 Å². The first-order valence-corrected chi connectivity index (χ1v) is 7.31. The van der Waals surface area contributed by atoms with E-state index in [0.29, 0.717) is 6.10 Å². The van der Waals surface area contributed by atoms with Gasteiger partial charge in [-0.1, -0.05) is 30.3 Å². The minimum atomic E-state index is -0.412. The summed E-state index contributed by atoms with van der Waals surface area (Å²) in [5, 5.41) is 10.4. The lowest BCUT2D eigenvalue weighted by Gasteiger charge is -2.37. The predicted molar refractivity (Wildman–Crippen MR) is 77.1 cm³/mol. The van der Waals surface area contributed by atoms with Gasteiger partial charge in [-0.25, -0.2) is 0 Å². The molecule has 0 aromatic heterocycles. The van der Waals surface area contributed by atoms with Crippen LogP contribution in [0.5, 0.6) is 0 Å². The second kappa shape index (κ2) is 7.04. The van der Waals surface area contributed by atoms with E-state index >= 15 is 0 Å². The Morgan fingerprint density at radius 3 is 2.47 bits per heavy atom. The maximum atomic E-state index is 10.4. The number of nitrogens with zero attached hydrogens (tertiary/aromatic N) is 1. The summed E-state index contributed by atoms with van der Waals surface area (Å²) in [7, 11) is 0. The molecule has 1 fully saturated rings. The molecule has 1 aliphatic rings. The summed E-state index contributed by atoms with van der Waals surface area (Å²) in [4.78, 5) is 2.37. The summed E-state index contributed by atoms with van der Waals surface area (Å²) in [6, 6.07) is 10.1. The fourth-order valence-corrected chi connectivity index (χ4v) is 2.81. The molecule has 106 valence electrons. The fourth-order valence-electron chi connectivity index (χ4n) is 2.81. The predicted octanol–water partition coefficient (Wildman–Crippen LogP) is 2.61. The molecule has 1 aromatic carbocycles. The number of aliphatic hydroxyl groups is 1. The highest BCUT2D eigenvalue weighted by Crippen LogP contribution is 2.24. The second-order valence-electron chi connectivity index (χ2n) is 5.29. The first-order valence-electron chi connectivity index (χ1n) is 7.31. The first-order chi connectivity index (χ1) is 9.22. The smallest absolute Gasteiger partial charge is 0.0942 e. The van der Waals surface area contributed by atoms with Crippen molar-refractivity contribution in [2.75, 3.05) is 19.7 Å². The lowest BCUT2D eigenvalue weighted by Crippen LogP contribution is -2.44. The van der Waals surface area contributed by atoms with E-state index in [2.05, 4.69) is 11.8 Å². The molecule has 1 aliphatic heterocycles. The number of aliphatic hydroxyl groups excluding tert-OH is 1. The Bertz CT molecular complexity index is 360. The number of likely N-dealkylation sites (tertiary alicyclic amines) is 1. The van der Waals surface area contributed by atoms with Gasteiger partial charge in [0.1, 0.15) is 0 Å². The van der Waals surface area contributed by atoms with Gasteiger partial charge in [-0.15, -0.1) is 0 Å². The van der Waals surface area contributed by atoms with Gasteiger partial charge >= 0.3 is 0 Å². The third-order valence-corrected chi connectivity index (χ3v) is 4.05. The second-order valence-corrected chi connectivity index (χ2v) is 5.29. The molecule has 3 nitrogen and oxygen atoms in total. The van der Waals surface area contributed by atoms with Crippen molar-refractivity contribution < 1.29 is 9.84 Å². The highest BCUT2D eigenvalue weighted by molar-refractivity contribution is 5.18. The van der Waals surface area contributed by atoms with Crippen LogP contribution in [-0.2, 0) is 4.74 Å². The van der Waals surface area contributed by atoms with E-state index < -0.39 is 6.10 Å². The number of hydrogen-bond acceptors (Lipinski definition) is 3. The van der Waals surface area contributed by atoms with Crippen LogP contribution in [0.15, 0.2) is 30.3 Å². The molecule has 1 N–H and O–H groups in total. The molecule has 2 unspecified atom stereocenters. The molecule has 0 saturated carbocycles. The number of hydrogen-bond donors (Lipinski definition) is 1. The van der Waals surface area contributed by atoms with Gasteiger partial charge in [-0.2, -0.15) is 0 Å². The van der Waals surface area contributed by atoms with E-state index in [0.717, 1.165) is 38.1 Å². The zero-order chi connectivity index (χ0) is 13.7. The quantitative estimate of drug-likeness (QED) is 0.886. The molecular weight excluding hydrogens is 238 g/mol. The van der Waals surface area contributed by atoms with Gasteiger partial charge in [0, 0.05) is 25.7 Å². The molecule has 1 saturated heterocycles. The summed E-state index contributed by atoms with van der Waals surface area (Å²) in [5.74, 6) is 0. The van der Waals surface area contributed by atoms with Crippen LogP contribution in [-0.4, -0.2) is 41.8 Å². The monoisotopic (exact) mass is 263 g/mol. The molecule has 0 radical (unpaired) electrons. The Hall–Kier alpha value is -0.900. The largest absolute Gasteiger partial charge is 0.387 e. The SMILES string of the molecule is CCOC1CCN(C(C)C(O)c2ccccc2)CC1. The summed E-state index contributed by atoms with van der Waals surface area (Å²) in [6.45, 7) is 6.98. The zero-order valence-electron chi connectivity index (χ0n) is 12.0. The average Bonchev–Trinajstić information content (AvgIpc) is 2.48. The minimum Gasteiger partial charge on any atom is -0.387 e. The molecular formula is C16H25NO2. The van der Waals surface area contributed by atoms with Crippen LogP contribution in [0.4, 0.5) is 0 Å². The Labute approximate surface area is 116 Å². The van der Waals surface area contributed by atoms with Gasteiger partial charge in [0.25, 0.3) is 0 Å². The van der Waals surface area contributed by atoms with Crippen molar-refractivity contribution in [1.82, 2.24) is 4.90 Å². The van der Waals surface area contributed by atoms with Crippen LogP contribution in [0.3, 0.4) is 0 Å². The van der Waals surface area contributed by atoms with Crippen molar-refractivity contribution in [1.29, 1.82) is 0 Å². The van der Waals surface area contributed by atoms with Crippen LogP contribution >= 0.6 is 0 Å². The van der Waals surface area contributed by atoms with Gasteiger partial charge in [0.05, 0.1) is 12.2 Å². The fraction of sp³-hybridized carbons (Fsp3) is 0.625. The van der Waals surface area contributed by atoms with E-state index in [1.807, 2.05) is 37.3 Å². The highest BCUT2D eigenvalue weighted by Gasteiger charge is 2.27. The number of ether oxygens (including phenoxy) is 1. The molecule has 0 spiro atoms. The van der Waals surface area contributed by atoms with Crippen molar-refractivity contribution in [3.8, 4) is 0 Å². The van der Waals surface area contributed by atoms with E-state index in [1.54, 1.807) is 0 Å². The molecule has 0 aliphatic carbocycles. The lowest BCUT2D eigenvalue weighted by molar-refractivity contribution is -0.0163. The van der Waals surface area contributed by atoms with Crippen LogP contribution in [0.1, 0.15) is 38.4 Å². The molecule has 0 bridgehead atoms. The third kappa shape index (κ3) is 3.78. The van der Waals surface area contributed by atoms with Crippen LogP contribution in [0.2, 0.25) is 0 Å². The molecule has 2 rings (SSSR count). The zero-order valence-corrected chi connectivity index (χ0v) is 12.0. The summed E-state index contributed by atoms with van der Waals surface area (Å²) < 4.78 is 5.67. The Morgan fingerprint density at radius 2 is 1.89 bits per heavy atom. The summed E-state index contributed by atoms with van der Waals surface area (Å²) in [5.41, 5.74) is 1.00. The Balaban J connectivity index is 1.89. The van der Waals surface area contributed by atoms with E-state index in [1.165, 1.54) is 0 Å². The van der Waals surface area contributed by atoms with Crippen molar-refractivity contribution >= 4 is 0 Å². The van der Waals surface area contributed by atoms with Crippen molar-refractivity contribution in [2.24, 2.45) is 0 Å². The Kier molecular flexibility index (Phi) is 5.37. The molecule has 3 heteroatoms. The van der Waals surface area contributed by atoms with Crippen molar-refractivity contribution in [3.05, 3.63) is 35.9 Å². The summed E-state index contributed by atoms with van der Waals surface area (Å²) >= 11 is 0. The average molecular weight is 263 g/mol. The van der Waals surface area contributed by atoms with Gasteiger partial charge in [-0.05, 0) is 32.3 Å². The lowest BCUT2D eigenvalue weighted by atomic mass is 9.99. The molecule has 19 heavy (non-hydrogen) atoms. The molecule has 1 heterocycles. The maximum Gasteiger partial charge on any atom is 0.0942 e. The topological polar surface area (TPSA) is 32.7 Å². The van der Waals surface area contributed by atoms with Gasteiger partial charge in [-0.3, -0.25) is 4.90 Å². The van der Waals surface area contributed by atoms with E-state index in [-0.39, 0.29) is 6.04 Å². The normalized spacial score (nSPS) is 21.2. The third-order valence-electron chi connectivity index (χ3n) is 4.05. The van der Waals surface area contributed by atoms with Gasteiger partial charge in [0.2, 0.25) is 0 Å². The Morgan fingerprint density at radius 1 is 1.26 bits per heavy atom. The van der Waals surface area contributed by atoms with Crippen LogP contribution in [0.25, 0.3) is 0 Å². The van der Waals surface area contributed by atoms with Gasteiger partial charge < -0.3 is 9.84 Å². The standard InChI is InChI=1S/C16H25NO2/c1-3-19-15-9-11-17(12-10-15)13(2)16(18)14-7-5-4-6-8-14/h4-8,13,15-16,18H,3,9-12H2,1-2H3. The van der Waals surface area contributed by atoms with Gasteiger partial charge in [0.15, 0.2) is 0 Å². The van der Waals surface area contributed by atoms with Crippen molar-refractivity contribution in [3.63, 3.8) is 0 Å². The first kappa shape index (κ1) is 14.5. The number of benzene rings is 1. The highest BCUT2D eigenvalue weighted by atomic mass is 16.5. The molecule has 2 atom stereocenters. The summed E-state index contributed by atoms with van der Waals surface area (Å²) in [6.07, 6.45) is 2.13.